The highest BCUT2D eigenvalue weighted by Crippen LogP contribution is 2.39. The first-order valence-electron chi connectivity index (χ1n) is 10.6. The number of carbonyl (C=O) groups is 3. The van der Waals surface area contributed by atoms with Gasteiger partial charge in [-0.15, -0.1) is 0 Å². The maximum atomic E-state index is 13.5. The van der Waals surface area contributed by atoms with Crippen molar-refractivity contribution < 1.29 is 19.1 Å². The van der Waals surface area contributed by atoms with E-state index in [0.29, 0.717) is 37.9 Å². The van der Waals surface area contributed by atoms with Crippen LogP contribution in [0.5, 0.6) is 0 Å². The molecule has 156 valence electrons. The van der Waals surface area contributed by atoms with Crippen molar-refractivity contribution in [2.75, 3.05) is 32.8 Å². The molecule has 7 nitrogen and oxygen atoms in total. The molecule has 3 saturated heterocycles. The van der Waals surface area contributed by atoms with E-state index in [1.165, 1.54) is 0 Å². The zero-order chi connectivity index (χ0) is 20.4. The van der Waals surface area contributed by atoms with Gasteiger partial charge < -0.3 is 14.5 Å². The van der Waals surface area contributed by atoms with Crippen LogP contribution < -0.4 is 0 Å². The molecule has 7 heteroatoms. The molecular weight excluding hydrogens is 370 g/mol. The van der Waals surface area contributed by atoms with Gasteiger partial charge in [0.25, 0.3) is 5.91 Å². The monoisotopic (exact) mass is 399 g/mol. The number of benzene rings is 1. The molecule has 1 aromatic rings. The lowest BCUT2D eigenvalue weighted by Crippen LogP contribution is -2.60. The molecule has 29 heavy (non-hydrogen) atoms. The van der Waals surface area contributed by atoms with E-state index in [2.05, 4.69) is 0 Å². The SMILES string of the molecule is CCC(=O)N1CCC2(CC1)OCC(C(=O)N1CCCC1)N2C(=O)c1ccccc1. The Morgan fingerprint density at radius 3 is 2.28 bits per heavy atom. The van der Waals surface area contributed by atoms with Gasteiger partial charge in [0.15, 0.2) is 0 Å². The van der Waals surface area contributed by atoms with E-state index < -0.39 is 11.8 Å². The maximum absolute atomic E-state index is 13.5. The highest BCUT2D eigenvalue weighted by atomic mass is 16.5. The number of piperidine rings is 1. The predicted octanol–water partition coefficient (Wildman–Crippen LogP) is 1.88. The van der Waals surface area contributed by atoms with Gasteiger partial charge >= 0.3 is 0 Å². The van der Waals surface area contributed by atoms with Gasteiger partial charge in [-0.25, -0.2) is 0 Å². The second-order valence-corrected chi connectivity index (χ2v) is 8.08. The lowest BCUT2D eigenvalue weighted by atomic mass is 9.96. The second kappa shape index (κ2) is 8.14. The molecule has 0 N–H and O–H groups in total. The summed E-state index contributed by atoms with van der Waals surface area (Å²) in [6.07, 6.45) is 3.54. The second-order valence-electron chi connectivity index (χ2n) is 8.08. The zero-order valence-corrected chi connectivity index (χ0v) is 17.0. The number of likely N-dealkylation sites (tertiary alicyclic amines) is 2. The molecule has 0 saturated carbocycles. The Hall–Kier alpha value is -2.41. The summed E-state index contributed by atoms with van der Waals surface area (Å²) in [7, 11) is 0. The van der Waals surface area contributed by atoms with Gasteiger partial charge in [0.2, 0.25) is 11.8 Å². The van der Waals surface area contributed by atoms with Gasteiger partial charge in [-0.1, -0.05) is 25.1 Å². The van der Waals surface area contributed by atoms with Crippen molar-refractivity contribution >= 4 is 17.7 Å². The number of amides is 3. The number of rotatable bonds is 3. The van der Waals surface area contributed by atoms with Crippen LogP contribution in [0.2, 0.25) is 0 Å². The van der Waals surface area contributed by atoms with E-state index in [1.807, 2.05) is 34.9 Å². The summed E-state index contributed by atoms with van der Waals surface area (Å²) >= 11 is 0. The van der Waals surface area contributed by atoms with Crippen molar-refractivity contribution in [3.63, 3.8) is 0 Å². The fourth-order valence-electron chi connectivity index (χ4n) is 4.75. The van der Waals surface area contributed by atoms with Crippen LogP contribution in [-0.2, 0) is 14.3 Å². The molecule has 0 radical (unpaired) electrons. The molecular formula is C22H29N3O4. The molecule has 3 amide bonds. The Balaban J connectivity index is 1.61. The topological polar surface area (TPSA) is 70.2 Å². The van der Waals surface area contributed by atoms with Gasteiger partial charge in [0.1, 0.15) is 11.8 Å². The van der Waals surface area contributed by atoms with E-state index in [1.54, 1.807) is 17.0 Å². The Morgan fingerprint density at radius 1 is 1.00 bits per heavy atom. The third-order valence-corrected chi connectivity index (χ3v) is 6.40. The van der Waals surface area contributed by atoms with Gasteiger partial charge in [0, 0.05) is 51.0 Å². The summed E-state index contributed by atoms with van der Waals surface area (Å²) < 4.78 is 6.21. The first-order valence-corrected chi connectivity index (χ1v) is 10.6. The van der Waals surface area contributed by atoms with Crippen LogP contribution in [0.4, 0.5) is 0 Å². The number of nitrogens with zero attached hydrogens (tertiary/aromatic N) is 3. The molecule has 4 rings (SSSR count). The van der Waals surface area contributed by atoms with E-state index in [4.69, 9.17) is 4.74 Å². The highest BCUT2D eigenvalue weighted by Gasteiger charge is 2.54. The van der Waals surface area contributed by atoms with Gasteiger partial charge in [-0.3, -0.25) is 19.3 Å². The summed E-state index contributed by atoms with van der Waals surface area (Å²) in [5, 5.41) is 0. The van der Waals surface area contributed by atoms with Gasteiger partial charge in [-0.05, 0) is 25.0 Å². The lowest BCUT2D eigenvalue weighted by Gasteiger charge is -2.44. The van der Waals surface area contributed by atoms with Crippen LogP contribution in [0.3, 0.4) is 0 Å². The molecule has 0 bridgehead atoms. The number of carbonyl (C=O) groups excluding carboxylic acids is 3. The molecule has 0 aromatic heterocycles. The van der Waals surface area contributed by atoms with Crippen LogP contribution in [0.1, 0.15) is 49.4 Å². The van der Waals surface area contributed by atoms with Crippen molar-refractivity contribution in [2.24, 2.45) is 0 Å². The van der Waals surface area contributed by atoms with Gasteiger partial charge in [0.05, 0.1) is 6.61 Å². The first kappa shape index (κ1) is 19.9. The maximum Gasteiger partial charge on any atom is 0.256 e. The Morgan fingerprint density at radius 2 is 1.66 bits per heavy atom. The number of hydrogen-bond acceptors (Lipinski definition) is 4. The summed E-state index contributed by atoms with van der Waals surface area (Å²) in [4.78, 5) is 44.2. The minimum absolute atomic E-state index is 0.0179. The molecule has 3 heterocycles. The average molecular weight is 399 g/mol. The highest BCUT2D eigenvalue weighted by molar-refractivity contribution is 5.98. The first-order chi connectivity index (χ1) is 14.1. The molecule has 1 atom stereocenters. The lowest BCUT2D eigenvalue weighted by molar-refractivity contribution is -0.144. The van der Waals surface area contributed by atoms with Crippen LogP contribution in [0.25, 0.3) is 0 Å². The average Bonchev–Trinajstić information content (AvgIpc) is 3.42. The standard InChI is InChI=1S/C22H29N3O4/c1-2-19(26)23-14-10-22(11-15-23)25(20(27)17-8-4-3-5-9-17)18(16-29-22)21(28)24-12-6-7-13-24/h3-5,8-9,18H,2,6-7,10-16H2,1H3. The molecule has 3 fully saturated rings. The fourth-order valence-corrected chi connectivity index (χ4v) is 4.75. The number of hydrogen-bond donors (Lipinski definition) is 0. The largest absolute Gasteiger partial charge is 0.353 e. The smallest absolute Gasteiger partial charge is 0.256 e. The van der Waals surface area contributed by atoms with Crippen LogP contribution in [-0.4, -0.2) is 77.0 Å². The zero-order valence-electron chi connectivity index (χ0n) is 17.0. The minimum atomic E-state index is -0.822. The Labute approximate surface area is 171 Å². The Bertz CT molecular complexity index is 768. The van der Waals surface area contributed by atoms with Crippen LogP contribution in [0.15, 0.2) is 30.3 Å². The van der Waals surface area contributed by atoms with Crippen molar-refractivity contribution in [3.8, 4) is 0 Å². The van der Waals surface area contributed by atoms with E-state index >= 15 is 0 Å². The summed E-state index contributed by atoms with van der Waals surface area (Å²) in [6.45, 7) is 4.64. The summed E-state index contributed by atoms with van der Waals surface area (Å²) in [5.41, 5.74) is -0.263. The summed E-state index contributed by atoms with van der Waals surface area (Å²) in [5.74, 6) is -0.0740. The number of ether oxygens (including phenoxy) is 1. The normalized spacial score (nSPS) is 23.6. The minimum Gasteiger partial charge on any atom is -0.353 e. The molecule has 1 spiro atoms. The van der Waals surface area contributed by atoms with Gasteiger partial charge in [-0.2, -0.15) is 0 Å². The molecule has 3 aliphatic rings. The molecule has 0 aliphatic carbocycles. The molecule has 3 aliphatic heterocycles. The van der Waals surface area contributed by atoms with Crippen LogP contribution >= 0.6 is 0 Å². The third-order valence-electron chi connectivity index (χ3n) is 6.40. The third kappa shape index (κ3) is 3.64. The van der Waals surface area contributed by atoms with Crippen molar-refractivity contribution in [1.29, 1.82) is 0 Å². The molecule has 1 aromatic carbocycles. The molecule has 1 unspecified atom stereocenters. The predicted molar refractivity (Wildman–Crippen MR) is 107 cm³/mol. The fraction of sp³-hybridized carbons (Fsp3) is 0.591. The Kier molecular flexibility index (Phi) is 5.58. The van der Waals surface area contributed by atoms with Crippen LogP contribution in [0, 0.1) is 0 Å². The van der Waals surface area contributed by atoms with Crippen molar-refractivity contribution in [1.82, 2.24) is 14.7 Å². The van der Waals surface area contributed by atoms with E-state index in [9.17, 15) is 14.4 Å². The van der Waals surface area contributed by atoms with E-state index in [0.717, 1.165) is 25.9 Å². The van der Waals surface area contributed by atoms with E-state index in [-0.39, 0.29) is 24.3 Å². The quantitative estimate of drug-likeness (QED) is 0.778. The van der Waals surface area contributed by atoms with Crippen molar-refractivity contribution in [2.45, 2.75) is 50.8 Å². The summed E-state index contributed by atoms with van der Waals surface area (Å²) in [6, 6.07) is 8.49. The van der Waals surface area contributed by atoms with Crippen molar-refractivity contribution in [3.05, 3.63) is 35.9 Å².